The lowest BCUT2D eigenvalue weighted by atomic mass is 9.95. The van der Waals surface area contributed by atoms with E-state index < -0.39 is 17.7 Å². The van der Waals surface area contributed by atoms with Crippen molar-refractivity contribution >= 4 is 46.3 Å². The average molecular weight is 438 g/mol. The fraction of sp³-hybridized carbons (Fsp3) is 0.0833. The molecule has 1 fully saturated rings. The molecule has 4 rings (SSSR count). The minimum atomic E-state index is -0.820. The molecule has 0 aromatic heterocycles. The molecule has 1 N–H and O–H groups in total. The van der Waals surface area contributed by atoms with Crippen molar-refractivity contribution in [1.29, 1.82) is 0 Å². The summed E-state index contributed by atoms with van der Waals surface area (Å²) in [6.07, 6.45) is 0. The molecule has 1 aliphatic heterocycles. The molecule has 0 radical (unpaired) electrons. The van der Waals surface area contributed by atoms with Crippen LogP contribution >= 0.6 is 23.2 Å². The van der Waals surface area contributed by atoms with Gasteiger partial charge in [-0.25, -0.2) is 0 Å². The van der Waals surface area contributed by atoms with Crippen molar-refractivity contribution in [1.82, 2.24) is 0 Å². The average Bonchev–Trinajstić information content (AvgIpc) is 3.01. The van der Waals surface area contributed by atoms with Crippen LogP contribution in [0.4, 0.5) is 5.69 Å². The Morgan fingerprint density at radius 3 is 2.20 bits per heavy atom. The lowest BCUT2D eigenvalue weighted by Gasteiger charge is -2.27. The highest BCUT2D eigenvalue weighted by Crippen LogP contribution is 2.43. The molecule has 30 heavy (non-hydrogen) atoms. The Bertz CT molecular complexity index is 1170. The van der Waals surface area contributed by atoms with Crippen LogP contribution in [0.2, 0.25) is 10.0 Å². The molecule has 0 spiro atoms. The number of aliphatic hydroxyl groups excluding tert-OH is 1. The Morgan fingerprint density at radius 1 is 0.900 bits per heavy atom. The first-order chi connectivity index (χ1) is 14.4. The van der Waals surface area contributed by atoms with Crippen LogP contribution in [0.15, 0.2) is 78.4 Å². The van der Waals surface area contributed by atoms with E-state index in [1.54, 1.807) is 72.8 Å². The highest BCUT2D eigenvalue weighted by Gasteiger charge is 2.47. The van der Waals surface area contributed by atoms with E-state index in [0.717, 1.165) is 5.56 Å². The van der Waals surface area contributed by atoms with E-state index in [0.29, 0.717) is 26.9 Å². The van der Waals surface area contributed by atoms with Gasteiger partial charge in [0.05, 0.1) is 11.6 Å². The van der Waals surface area contributed by atoms with E-state index in [1.165, 1.54) is 4.90 Å². The van der Waals surface area contributed by atoms with E-state index in [1.807, 2.05) is 6.92 Å². The van der Waals surface area contributed by atoms with Crippen LogP contribution in [-0.4, -0.2) is 16.8 Å². The Hall–Kier alpha value is -3.08. The Morgan fingerprint density at radius 2 is 1.53 bits per heavy atom. The number of rotatable bonds is 3. The van der Waals surface area contributed by atoms with Crippen molar-refractivity contribution in [2.24, 2.45) is 0 Å². The van der Waals surface area contributed by atoms with Crippen molar-refractivity contribution in [2.75, 3.05) is 4.90 Å². The monoisotopic (exact) mass is 437 g/mol. The van der Waals surface area contributed by atoms with Crippen LogP contribution in [0.3, 0.4) is 0 Å². The van der Waals surface area contributed by atoms with Gasteiger partial charge >= 0.3 is 0 Å². The molecule has 1 saturated heterocycles. The first-order valence-corrected chi connectivity index (χ1v) is 10.0. The van der Waals surface area contributed by atoms with Crippen molar-refractivity contribution in [3.63, 3.8) is 0 Å². The molecule has 150 valence electrons. The van der Waals surface area contributed by atoms with E-state index >= 15 is 0 Å². The number of carbonyl (C=O) groups excluding carboxylic acids is 2. The van der Waals surface area contributed by atoms with Crippen LogP contribution in [-0.2, 0) is 9.59 Å². The number of anilines is 1. The van der Waals surface area contributed by atoms with Gasteiger partial charge in [-0.3, -0.25) is 14.5 Å². The summed E-state index contributed by atoms with van der Waals surface area (Å²) >= 11 is 12.2. The zero-order valence-corrected chi connectivity index (χ0v) is 17.5. The number of halogens is 2. The van der Waals surface area contributed by atoms with Crippen LogP contribution < -0.4 is 4.90 Å². The molecule has 6 heteroatoms. The predicted molar refractivity (Wildman–Crippen MR) is 119 cm³/mol. The first kappa shape index (κ1) is 20.2. The van der Waals surface area contributed by atoms with Gasteiger partial charge in [-0.05, 0) is 42.3 Å². The third kappa shape index (κ3) is 3.49. The van der Waals surface area contributed by atoms with Crippen LogP contribution in [0.1, 0.15) is 22.7 Å². The molecule has 0 bridgehead atoms. The quantitative estimate of drug-likeness (QED) is 0.313. The standard InChI is InChI=1S/C24H17Cl2NO3/c1-14-7-10-18(26)13-19(14)27-21(15-8-11-17(25)12-9-15)20(23(29)24(27)30)22(28)16-5-3-2-4-6-16/h2-13,21,28H,1H3. The number of carbonyl (C=O) groups is 2. The smallest absolute Gasteiger partial charge is 0.300 e. The van der Waals surface area contributed by atoms with Gasteiger partial charge in [-0.1, -0.05) is 71.7 Å². The third-order valence-corrected chi connectivity index (χ3v) is 5.60. The van der Waals surface area contributed by atoms with Crippen molar-refractivity contribution in [2.45, 2.75) is 13.0 Å². The van der Waals surface area contributed by atoms with E-state index in [2.05, 4.69) is 0 Å². The zero-order valence-electron chi connectivity index (χ0n) is 16.0. The maximum Gasteiger partial charge on any atom is 0.300 e. The summed E-state index contributed by atoms with van der Waals surface area (Å²) in [7, 11) is 0. The number of hydrogen-bond acceptors (Lipinski definition) is 3. The molecule has 1 aliphatic rings. The molecule has 1 unspecified atom stereocenters. The van der Waals surface area contributed by atoms with Crippen LogP contribution in [0.5, 0.6) is 0 Å². The Labute approximate surface area is 184 Å². The number of aliphatic hydroxyl groups is 1. The van der Waals surface area contributed by atoms with Gasteiger partial charge in [0.1, 0.15) is 5.76 Å². The van der Waals surface area contributed by atoms with Gasteiger partial charge in [-0.2, -0.15) is 0 Å². The number of hydrogen-bond donors (Lipinski definition) is 1. The highest BCUT2D eigenvalue weighted by molar-refractivity contribution is 6.52. The summed E-state index contributed by atoms with van der Waals surface area (Å²) in [6, 6.07) is 19.9. The molecular weight excluding hydrogens is 421 g/mol. The predicted octanol–water partition coefficient (Wildman–Crippen LogP) is 5.93. The second-order valence-electron chi connectivity index (χ2n) is 7.02. The summed E-state index contributed by atoms with van der Waals surface area (Å²) in [5, 5.41) is 12.0. The summed E-state index contributed by atoms with van der Waals surface area (Å²) in [6.45, 7) is 1.83. The molecular formula is C24H17Cl2NO3. The number of nitrogens with zero attached hydrogens (tertiary/aromatic N) is 1. The van der Waals surface area contributed by atoms with Gasteiger partial charge in [0.15, 0.2) is 0 Å². The highest BCUT2D eigenvalue weighted by atomic mass is 35.5. The minimum Gasteiger partial charge on any atom is -0.507 e. The second-order valence-corrected chi connectivity index (χ2v) is 7.89. The number of Topliss-reactive ketones (excluding diaryl/α,β-unsaturated/α-hetero) is 1. The van der Waals surface area contributed by atoms with Crippen LogP contribution in [0.25, 0.3) is 5.76 Å². The summed E-state index contributed by atoms with van der Waals surface area (Å²) < 4.78 is 0. The largest absolute Gasteiger partial charge is 0.507 e. The Balaban J connectivity index is 1.98. The normalized spacial score (nSPS) is 18.1. The number of benzene rings is 3. The lowest BCUT2D eigenvalue weighted by molar-refractivity contribution is -0.132. The van der Waals surface area contributed by atoms with Gasteiger partial charge < -0.3 is 5.11 Å². The third-order valence-electron chi connectivity index (χ3n) is 5.11. The van der Waals surface area contributed by atoms with E-state index in [-0.39, 0.29) is 11.3 Å². The number of amides is 1. The second kappa shape index (κ2) is 7.98. The van der Waals surface area contributed by atoms with E-state index in [9.17, 15) is 14.7 Å². The zero-order chi connectivity index (χ0) is 21.4. The first-order valence-electron chi connectivity index (χ1n) is 9.26. The summed E-state index contributed by atoms with van der Waals surface area (Å²) in [5.41, 5.74) is 2.41. The van der Waals surface area contributed by atoms with Crippen LogP contribution in [0, 0.1) is 6.92 Å². The fourth-order valence-electron chi connectivity index (χ4n) is 3.64. The molecule has 3 aromatic carbocycles. The number of ketones is 1. The molecule has 3 aromatic rings. The molecule has 1 heterocycles. The van der Waals surface area contributed by atoms with Gasteiger partial charge in [0, 0.05) is 21.3 Å². The van der Waals surface area contributed by atoms with Crippen molar-refractivity contribution < 1.29 is 14.7 Å². The maximum absolute atomic E-state index is 13.1. The fourth-order valence-corrected chi connectivity index (χ4v) is 3.93. The number of aryl methyl sites for hydroxylation is 1. The SMILES string of the molecule is Cc1ccc(Cl)cc1N1C(=O)C(=O)C(=C(O)c2ccccc2)C1c1ccc(Cl)cc1. The van der Waals surface area contributed by atoms with Gasteiger partial charge in [0.2, 0.25) is 0 Å². The van der Waals surface area contributed by atoms with Crippen molar-refractivity contribution in [3.05, 3.63) is 105 Å². The van der Waals surface area contributed by atoms with Crippen molar-refractivity contribution in [3.8, 4) is 0 Å². The van der Waals surface area contributed by atoms with E-state index in [4.69, 9.17) is 23.2 Å². The summed E-state index contributed by atoms with van der Waals surface area (Å²) in [5.74, 6) is -1.70. The molecule has 0 saturated carbocycles. The lowest BCUT2D eigenvalue weighted by Crippen LogP contribution is -2.30. The molecule has 1 atom stereocenters. The molecule has 1 amide bonds. The molecule has 4 nitrogen and oxygen atoms in total. The topological polar surface area (TPSA) is 57.6 Å². The van der Waals surface area contributed by atoms with Gasteiger partial charge in [-0.15, -0.1) is 0 Å². The Kier molecular flexibility index (Phi) is 5.37. The molecule has 0 aliphatic carbocycles. The summed E-state index contributed by atoms with van der Waals surface area (Å²) in [4.78, 5) is 27.6. The minimum absolute atomic E-state index is 0.0212. The maximum atomic E-state index is 13.1. The van der Waals surface area contributed by atoms with Gasteiger partial charge in [0.25, 0.3) is 11.7 Å².